The predicted octanol–water partition coefficient (Wildman–Crippen LogP) is 4.03. The van der Waals surface area contributed by atoms with Gasteiger partial charge in [-0.1, -0.05) is 45.0 Å². The molecular formula is C23H35NO2. The molecular weight excluding hydrogens is 322 g/mol. The molecule has 0 radical (unpaired) electrons. The zero-order valence-corrected chi connectivity index (χ0v) is 16.7. The first-order valence-electron chi connectivity index (χ1n) is 10.5. The molecule has 0 aromatic heterocycles. The fourth-order valence-electron chi connectivity index (χ4n) is 5.83. The van der Waals surface area contributed by atoms with Crippen molar-refractivity contribution in [3.05, 3.63) is 35.4 Å². The summed E-state index contributed by atoms with van der Waals surface area (Å²) >= 11 is 0. The number of aliphatic hydroxyl groups excluding tert-OH is 1. The van der Waals surface area contributed by atoms with E-state index in [1.165, 1.54) is 30.4 Å². The van der Waals surface area contributed by atoms with Crippen LogP contribution in [0.1, 0.15) is 57.6 Å². The average Bonchev–Trinajstić information content (AvgIpc) is 2.95. The lowest BCUT2D eigenvalue weighted by atomic mass is 9.70. The van der Waals surface area contributed by atoms with Gasteiger partial charge >= 0.3 is 0 Å². The lowest BCUT2D eigenvalue weighted by molar-refractivity contribution is -0.0566. The molecule has 4 atom stereocenters. The highest BCUT2D eigenvalue weighted by atomic mass is 16.5. The molecule has 1 aromatic carbocycles. The van der Waals surface area contributed by atoms with Crippen LogP contribution in [-0.2, 0) is 17.7 Å². The number of hydrogen-bond donors (Lipinski definition) is 1. The zero-order valence-electron chi connectivity index (χ0n) is 16.7. The normalized spacial score (nSPS) is 34.0. The zero-order chi connectivity index (χ0) is 18.4. The highest BCUT2D eigenvalue weighted by Gasteiger charge is 2.61. The Kier molecular flexibility index (Phi) is 4.92. The SMILES string of the molecule is CC1(C)[C@H]2CC[C@@]1(C)[C@@H](OCC[C@@H](O)CN1CCc3ccccc3C1)C2. The molecule has 144 valence electrons. The second-order valence-electron chi connectivity index (χ2n) is 9.67. The third-order valence-corrected chi connectivity index (χ3v) is 8.16. The van der Waals surface area contributed by atoms with E-state index in [-0.39, 0.29) is 6.10 Å². The van der Waals surface area contributed by atoms with E-state index in [1.54, 1.807) is 0 Å². The van der Waals surface area contributed by atoms with E-state index in [0.717, 1.165) is 38.4 Å². The summed E-state index contributed by atoms with van der Waals surface area (Å²) in [5.41, 5.74) is 3.60. The number of β-amino-alcohol motifs (C(OH)–C–C–N with tert-alkyl or cyclic N) is 1. The van der Waals surface area contributed by atoms with Gasteiger partial charge in [0.15, 0.2) is 0 Å². The van der Waals surface area contributed by atoms with Crippen LogP contribution in [0.25, 0.3) is 0 Å². The van der Waals surface area contributed by atoms with E-state index < -0.39 is 0 Å². The summed E-state index contributed by atoms with van der Waals surface area (Å²) in [7, 11) is 0. The first kappa shape index (κ1) is 18.5. The number of aliphatic hydroxyl groups is 1. The molecule has 1 aromatic rings. The van der Waals surface area contributed by atoms with E-state index >= 15 is 0 Å². The molecule has 3 nitrogen and oxygen atoms in total. The molecule has 1 heterocycles. The Balaban J connectivity index is 1.23. The maximum Gasteiger partial charge on any atom is 0.0689 e. The smallest absolute Gasteiger partial charge is 0.0689 e. The van der Waals surface area contributed by atoms with Gasteiger partial charge in [0.25, 0.3) is 0 Å². The van der Waals surface area contributed by atoms with Crippen LogP contribution in [0.2, 0.25) is 0 Å². The van der Waals surface area contributed by atoms with E-state index in [4.69, 9.17) is 4.74 Å². The van der Waals surface area contributed by atoms with Crippen molar-refractivity contribution < 1.29 is 9.84 Å². The Morgan fingerprint density at radius 2 is 2.00 bits per heavy atom. The molecule has 1 N–H and O–H groups in total. The molecule has 2 bridgehead atoms. The van der Waals surface area contributed by atoms with Gasteiger partial charge in [0, 0.05) is 26.2 Å². The van der Waals surface area contributed by atoms with Gasteiger partial charge in [0.1, 0.15) is 0 Å². The van der Waals surface area contributed by atoms with Crippen LogP contribution in [0, 0.1) is 16.7 Å². The number of nitrogens with zero attached hydrogens (tertiary/aromatic N) is 1. The van der Waals surface area contributed by atoms with Crippen molar-refractivity contribution in [3.63, 3.8) is 0 Å². The summed E-state index contributed by atoms with van der Waals surface area (Å²) in [5.74, 6) is 0.816. The predicted molar refractivity (Wildman–Crippen MR) is 105 cm³/mol. The summed E-state index contributed by atoms with van der Waals surface area (Å²) < 4.78 is 6.31. The topological polar surface area (TPSA) is 32.7 Å². The Labute approximate surface area is 158 Å². The van der Waals surface area contributed by atoms with Crippen molar-refractivity contribution in [3.8, 4) is 0 Å². The van der Waals surface area contributed by atoms with Crippen molar-refractivity contribution in [1.82, 2.24) is 4.90 Å². The van der Waals surface area contributed by atoms with Crippen LogP contribution < -0.4 is 0 Å². The lowest BCUT2D eigenvalue weighted by Crippen LogP contribution is -2.39. The number of fused-ring (bicyclic) bond motifs is 3. The molecule has 2 aliphatic carbocycles. The van der Waals surface area contributed by atoms with Crippen molar-refractivity contribution >= 4 is 0 Å². The van der Waals surface area contributed by atoms with Gasteiger partial charge in [-0.2, -0.15) is 0 Å². The van der Waals surface area contributed by atoms with Gasteiger partial charge < -0.3 is 9.84 Å². The van der Waals surface area contributed by atoms with Crippen LogP contribution in [0.5, 0.6) is 0 Å². The maximum absolute atomic E-state index is 10.5. The molecule has 3 aliphatic rings. The first-order valence-corrected chi connectivity index (χ1v) is 10.5. The Morgan fingerprint density at radius 1 is 1.23 bits per heavy atom. The van der Waals surface area contributed by atoms with Crippen molar-refractivity contribution in [2.45, 2.75) is 71.6 Å². The standard InChI is InChI=1S/C23H35NO2/c1-22(2)19-8-11-23(22,3)21(14-19)26-13-10-20(25)16-24-12-9-17-6-4-5-7-18(17)15-24/h4-7,19-21,25H,8-16H2,1-3H3/t19-,20+,21-,23-/m0/s1. The average molecular weight is 358 g/mol. The minimum atomic E-state index is -0.292. The molecule has 0 spiro atoms. The quantitative estimate of drug-likeness (QED) is 0.834. The van der Waals surface area contributed by atoms with Crippen molar-refractivity contribution in [2.24, 2.45) is 16.7 Å². The van der Waals surface area contributed by atoms with E-state index in [2.05, 4.69) is 49.9 Å². The van der Waals surface area contributed by atoms with E-state index in [9.17, 15) is 5.11 Å². The van der Waals surface area contributed by atoms with Crippen LogP contribution in [0.3, 0.4) is 0 Å². The largest absolute Gasteiger partial charge is 0.392 e. The van der Waals surface area contributed by atoms with E-state index in [1.807, 2.05) is 0 Å². The number of rotatable bonds is 6. The Morgan fingerprint density at radius 3 is 2.69 bits per heavy atom. The summed E-state index contributed by atoms with van der Waals surface area (Å²) in [6.45, 7) is 10.7. The highest BCUT2D eigenvalue weighted by molar-refractivity contribution is 5.29. The second kappa shape index (κ2) is 6.92. The minimum absolute atomic E-state index is 0.292. The van der Waals surface area contributed by atoms with Crippen molar-refractivity contribution in [1.29, 1.82) is 0 Å². The van der Waals surface area contributed by atoms with Crippen LogP contribution in [0.4, 0.5) is 0 Å². The molecule has 26 heavy (non-hydrogen) atoms. The summed E-state index contributed by atoms with van der Waals surface area (Å²) in [6, 6.07) is 8.69. The molecule has 0 amide bonds. The fourth-order valence-corrected chi connectivity index (χ4v) is 5.83. The lowest BCUT2D eigenvalue weighted by Gasteiger charge is -2.39. The van der Waals surface area contributed by atoms with Crippen LogP contribution >= 0.6 is 0 Å². The molecule has 1 aliphatic heterocycles. The van der Waals surface area contributed by atoms with E-state index in [0.29, 0.717) is 23.5 Å². The van der Waals surface area contributed by atoms with Gasteiger partial charge in [-0.15, -0.1) is 0 Å². The molecule has 4 rings (SSSR count). The fraction of sp³-hybridized carbons (Fsp3) is 0.739. The molecule has 2 saturated carbocycles. The van der Waals surface area contributed by atoms with Gasteiger partial charge in [0.2, 0.25) is 0 Å². The van der Waals surface area contributed by atoms with Gasteiger partial charge in [-0.25, -0.2) is 0 Å². The molecule has 0 unspecified atom stereocenters. The third-order valence-electron chi connectivity index (χ3n) is 8.16. The molecule has 2 fully saturated rings. The van der Waals surface area contributed by atoms with Crippen LogP contribution in [-0.4, -0.2) is 41.9 Å². The Bertz CT molecular complexity index is 643. The highest BCUT2D eigenvalue weighted by Crippen LogP contribution is 2.66. The first-order chi connectivity index (χ1) is 12.4. The summed E-state index contributed by atoms with van der Waals surface area (Å²) in [6.07, 6.45) is 5.80. The van der Waals surface area contributed by atoms with Gasteiger partial charge in [0.05, 0.1) is 12.2 Å². The number of ether oxygens (including phenoxy) is 1. The van der Waals surface area contributed by atoms with Crippen molar-refractivity contribution in [2.75, 3.05) is 19.7 Å². The number of benzene rings is 1. The summed E-state index contributed by atoms with van der Waals surface area (Å²) in [4.78, 5) is 2.38. The van der Waals surface area contributed by atoms with Gasteiger partial charge in [-0.05, 0) is 60.0 Å². The Hall–Kier alpha value is -0.900. The maximum atomic E-state index is 10.5. The third kappa shape index (κ3) is 3.12. The summed E-state index contributed by atoms with van der Waals surface area (Å²) in [5, 5.41) is 10.5. The molecule has 0 saturated heterocycles. The van der Waals surface area contributed by atoms with Crippen LogP contribution in [0.15, 0.2) is 24.3 Å². The van der Waals surface area contributed by atoms with Gasteiger partial charge in [-0.3, -0.25) is 4.90 Å². The number of hydrogen-bond acceptors (Lipinski definition) is 3. The molecule has 3 heteroatoms. The monoisotopic (exact) mass is 357 g/mol. The second-order valence-corrected chi connectivity index (χ2v) is 9.67. The minimum Gasteiger partial charge on any atom is -0.392 e.